The van der Waals surface area contributed by atoms with E-state index >= 15 is 0 Å². The van der Waals surface area contributed by atoms with Crippen LogP contribution in [-0.4, -0.2) is 23.5 Å². The zero-order valence-corrected chi connectivity index (χ0v) is 9.34. The maximum Gasteiger partial charge on any atom is 0.0150 e. The average molecular weight is 181 g/mol. The van der Waals surface area contributed by atoms with Crippen LogP contribution in [0.2, 0.25) is 0 Å². The first-order valence-electron chi connectivity index (χ1n) is 5.91. The maximum atomic E-state index is 2.80. The fourth-order valence-electron chi connectivity index (χ4n) is 2.71. The molecule has 2 rings (SSSR count). The molecule has 0 amide bonds. The van der Waals surface area contributed by atoms with Crippen LogP contribution >= 0.6 is 0 Å². The zero-order valence-electron chi connectivity index (χ0n) is 9.34. The quantitative estimate of drug-likeness (QED) is 0.647. The molecule has 2 fully saturated rings. The summed E-state index contributed by atoms with van der Waals surface area (Å²) in [6, 6.07) is 1.85. The number of nitrogens with zero attached hydrogens (tertiary/aromatic N) is 1. The second-order valence-electron chi connectivity index (χ2n) is 5.47. The highest BCUT2D eigenvalue weighted by molar-refractivity contribution is 4.97. The van der Waals surface area contributed by atoms with E-state index in [-0.39, 0.29) is 0 Å². The molecule has 1 atom stereocenters. The van der Waals surface area contributed by atoms with Gasteiger partial charge in [-0.1, -0.05) is 20.8 Å². The Hall–Kier alpha value is -0.0400. The third-order valence-electron chi connectivity index (χ3n) is 4.12. The second-order valence-corrected chi connectivity index (χ2v) is 5.47. The first-order chi connectivity index (χ1) is 6.15. The van der Waals surface area contributed by atoms with E-state index in [1.807, 2.05) is 0 Å². The van der Waals surface area contributed by atoms with Crippen molar-refractivity contribution in [3.05, 3.63) is 0 Å². The van der Waals surface area contributed by atoms with Gasteiger partial charge in [0.05, 0.1) is 0 Å². The molecule has 1 saturated carbocycles. The van der Waals surface area contributed by atoms with Crippen molar-refractivity contribution in [3.8, 4) is 0 Å². The van der Waals surface area contributed by atoms with Crippen LogP contribution in [0.15, 0.2) is 0 Å². The van der Waals surface area contributed by atoms with Crippen LogP contribution in [0.5, 0.6) is 0 Å². The fourth-order valence-corrected chi connectivity index (χ4v) is 2.71. The second kappa shape index (κ2) is 3.27. The Balaban J connectivity index is 2.03. The lowest BCUT2D eigenvalue weighted by Gasteiger charge is -2.37. The standard InChI is InChI=1S/C12H23N/c1-4-12(2,3)11-6-5-9-13(11)10-7-8-10/h10-11H,4-9H2,1-3H3/t11-/m0/s1. The molecule has 0 bridgehead atoms. The minimum atomic E-state index is 0.541. The van der Waals surface area contributed by atoms with Crippen molar-refractivity contribution in [2.75, 3.05) is 6.54 Å². The molecule has 1 aliphatic carbocycles. The molecule has 0 N–H and O–H groups in total. The lowest BCUT2D eigenvalue weighted by molar-refractivity contribution is 0.115. The molecule has 76 valence electrons. The van der Waals surface area contributed by atoms with Crippen LogP contribution in [0.25, 0.3) is 0 Å². The Morgan fingerprint density at radius 2 is 1.92 bits per heavy atom. The summed E-state index contributed by atoms with van der Waals surface area (Å²) in [7, 11) is 0. The van der Waals surface area contributed by atoms with Crippen molar-refractivity contribution in [3.63, 3.8) is 0 Å². The first-order valence-corrected chi connectivity index (χ1v) is 5.91. The van der Waals surface area contributed by atoms with E-state index in [1.165, 1.54) is 38.6 Å². The predicted octanol–water partition coefficient (Wildman–Crippen LogP) is 3.05. The number of rotatable bonds is 3. The van der Waals surface area contributed by atoms with Gasteiger partial charge in [0.2, 0.25) is 0 Å². The summed E-state index contributed by atoms with van der Waals surface area (Å²) in [6.45, 7) is 8.60. The molecule has 1 heteroatoms. The maximum absolute atomic E-state index is 2.80. The van der Waals surface area contributed by atoms with E-state index in [4.69, 9.17) is 0 Å². The van der Waals surface area contributed by atoms with E-state index in [2.05, 4.69) is 25.7 Å². The lowest BCUT2D eigenvalue weighted by Crippen LogP contribution is -2.41. The summed E-state index contributed by atoms with van der Waals surface area (Å²) in [5.41, 5.74) is 0.541. The highest BCUT2D eigenvalue weighted by atomic mass is 15.2. The monoisotopic (exact) mass is 181 g/mol. The van der Waals surface area contributed by atoms with Gasteiger partial charge in [0.1, 0.15) is 0 Å². The van der Waals surface area contributed by atoms with Crippen molar-refractivity contribution in [1.29, 1.82) is 0 Å². The van der Waals surface area contributed by atoms with Crippen molar-refractivity contribution in [2.24, 2.45) is 5.41 Å². The largest absolute Gasteiger partial charge is 0.297 e. The Labute approximate surface area is 82.5 Å². The Bertz CT molecular complexity index is 182. The smallest absolute Gasteiger partial charge is 0.0150 e. The van der Waals surface area contributed by atoms with E-state index in [0.29, 0.717) is 5.41 Å². The number of hydrogen-bond donors (Lipinski definition) is 0. The van der Waals surface area contributed by atoms with Gasteiger partial charge in [-0.15, -0.1) is 0 Å². The molecular formula is C12H23N. The van der Waals surface area contributed by atoms with E-state index in [1.54, 1.807) is 0 Å². The van der Waals surface area contributed by atoms with Crippen molar-refractivity contribution < 1.29 is 0 Å². The fraction of sp³-hybridized carbons (Fsp3) is 1.00. The van der Waals surface area contributed by atoms with E-state index < -0.39 is 0 Å². The SMILES string of the molecule is CCC(C)(C)[C@@H]1CCCN1C1CC1. The first kappa shape index (κ1) is 9.51. The molecule has 0 aromatic carbocycles. The molecular weight excluding hydrogens is 158 g/mol. The molecule has 13 heavy (non-hydrogen) atoms. The average Bonchev–Trinajstić information content (AvgIpc) is 2.83. The molecule has 1 saturated heterocycles. The molecule has 0 radical (unpaired) electrons. The lowest BCUT2D eigenvalue weighted by atomic mass is 9.80. The van der Waals surface area contributed by atoms with Crippen LogP contribution in [0.1, 0.15) is 52.9 Å². The van der Waals surface area contributed by atoms with Gasteiger partial charge in [-0.3, -0.25) is 4.90 Å². The minimum Gasteiger partial charge on any atom is -0.297 e. The van der Waals surface area contributed by atoms with E-state index in [0.717, 1.165) is 12.1 Å². The van der Waals surface area contributed by atoms with Gasteiger partial charge in [0, 0.05) is 12.1 Å². The summed E-state index contributed by atoms with van der Waals surface area (Å²) in [6.07, 6.45) is 7.13. The molecule has 1 heterocycles. The van der Waals surface area contributed by atoms with Gasteiger partial charge in [0.25, 0.3) is 0 Å². The number of hydrogen-bond acceptors (Lipinski definition) is 1. The molecule has 1 nitrogen and oxygen atoms in total. The minimum absolute atomic E-state index is 0.541. The Kier molecular flexibility index (Phi) is 2.39. The Morgan fingerprint density at radius 3 is 2.46 bits per heavy atom. The molecule has 0 aromatic heterocycles. The van der Waals surface area contributed by atoms with Crippen LogP contribution < -0.4 is 0 Å². The third-order valence-corrected chi connectivity index (χ3v) is 4.12. The molecule has 1 aliphatic heterocycles. The van der Waals surface area contributed by atoms with Gasteiger partial charge < -0.3 is 0 Å². The van der Waals surface area contributed by atoms with Gasteiger partial charge in [-0.2, -0.15) is 0 Å². The molecule has 0 unspecified atom stereocenters. The van der Waals surface area contributed by atoms with Crippen molar-refractivity contribution in [1.82, 2.24) is 4.90 Å². The van der Waals surface area contributed by atoms with Crippen LogP contribution in [0, 0.1) is 5.41 Å². The highest BCUT2D eigenvalue weighted by Crippen LogP contribution is 2.41. The molecule has 2 aliphatic rings. The summed E-state index contributed by atoms with van der Waals surface area (Å²) in [4.78, 5) is 2.80. The number of likely N-dealkylation sites (tertiary alicyclic amines) is 1. The van der Waals surface area contributed by atoms with Gasteiger partial charge in [-0.25, -0.2) is 0 Å². The molecule has 0 spiro atoms. The van der Waals surface area contributed by atoms with Crippen LogP contribution in [-0.2, 0) is 0 Å². The van der Waals surface area contributed by atoms with Gasteiger partial charge in [-0.05, 0) is 44.1 Å². The van der Waals surface area contributed by atoms with Crippen molar-refractivity contribution >= 4 is 0 Å². The summed E-state index contributed by atoms with van der Waals surface area (Å²) < 4.78 is 0. The topological polar surface area (TPSA) is 3.24 Å². The summed E-state index contributed by atoms with van der Waals surface area (Å²) in [5.74, 6) is 0. The summed E-state index contributed by atoms with van der Waals surface area (Å²) in [5, 5.41) is 0. The van der Waals surface area contributed by atoms with Crippen LogP contribution in [0.4, 0.5) is 0 Å². The predicted molar refractivity (Wildman–Crippen MR) is 56.8 cm³/mol. The van der Waals surface area contributed by atoms with E-state index in [9.17, 15) is 0 Å². The van der Waals surface area contributed by atoms with Crippen LogP contribution in [0.3, 0.4) is 0 Å². The normalized spacial score (nSPS) is 31.2. The van der Waals surface area contributed by atoms with Crippen molar-refractivity contribution in [2.45, 2.75) is 65.0 Å². The van der Waals surface area contributed by atoms with Gasteiger partial charge in [0.15, 0.2) is 0 Å². The summed E-state index contributed by atoms with van der Waals surface area (Å²) >= 11 is 0. The highest BCUT2D eigenvalue weighted by Gasteiger charge is 2.42. The third kappa shape index (κ3) is 1.76. The Morgan fingerprint density at radius 1 is 1.23 bits per heavy atom. The van der Waals surface area contributed by atoms with Gasteiger partial charge >= 0.3 is 0 Å². The zero-order chi connectivity index (χ0) is 9.47. The molecule has 0 aromatic rings.